The van der Waals surface area contributed by atoms with Crippen molar-refractivity contribution in [3.8, 4) is 0 Å². The second kappa shape index (κ2) is 4.66. The van der Waals surface area contributed by atoms with Crippen LogP contribution in [0.15, 0.2) is 30.3 Å². The van der Waals surface area contributed by atoms with Gasteiger partial charge in [0, 0.05) is 0 Å². The Morgan fingerprint density at radius 3 is 2.44 bits per heavy atom. The van der Waals surface area contributed by atoms with Crippen LogP contribution < -0.4 is 0 Å². The van der Waals surface area contributed by atoms with E-state index in [1.165, 1.54) is 0 Å². The highest BCUT2D eigenvalue weighted by Crippen LogP contribution is 2.35. The minimum atomic E-state index is -0.675. The quantitative estimate of drug-likeness (QED) is 0.847. The van der Waals surface area contributed by atoms with Crippen LogP contribution in [0.1, 0.15) is 18.4 Å². The van der Waals surface area contributed by atoms with Crippen LogP contribution in [0, 0.1) is 5.41 Å². The summed E-state index contributed by atoms with van der Waals surface area (Å²) in [7, 11) is 0. The predicted molar refractivity (Wildman–Crippen MR) is 62.5 cm³/mol. The van der Waals surface area contributed by atoms with Gasteiger partial charge in [-0.05, 0) is 12.0 Å². The summed E-state index contributed by atoms with van der Waals surface area (Å²) in [6.07, 6.45) is 1.95. The molecule has 2 rings (SSSR count). The molecular weight excluding hydrogens is 202 g/mol. The summed E-state index contributed by atoms with van der Waals surface area (Å²) in [6.45, 7) is 1.36. The van der Waals surface area contributed by atoms with Crippen molar-refractivity contribution in [1.82, 2.24) is 0 Å². The van der Waals surface area contributed by atoms with Crippen molar-refractivity contribution in [1.29, 1.82) is 0 Å². The lowest BCUT2D eigenvalue weighted by Crippen LogP contribution is -2.37. The van der Waals surface area contributed by atoms with E-state index in [0.717, 1.165) is 5.56 Å². The van der Waals surface area contributed by atoms with Gasteiger partial charge in [-0.1, -0.05) is 43.2 Å². The third-order valence-electron chi connectivity index (χ3n) is 3.34. The van der Waals surface area contributed by atoms with E-state index < -0.39 is 11.4 Å². The molecule has 0 aliphatic carbocycles. The van der Waals surface area contributed by atoms with Crippen LogP contribution in [0.25, 0.3) is 5.32 Å². The molecule has 0 bridgehead atoms. The second-order valence-corrected chi connectivity index (χ2v) is 4.42. The first-order chi connectivity index (χ1) is 7.73. The monoisotopic (exact) mass is 218 g/mol. The molecule has 1 aliphatic heterocycles. The van der Waals surface area contributed by atoms with E-state index in [2.05, 4.69) is 5.32 Å². The first kappa shape index (κ1) is 11.1. The molecule has 1 aromatic rings. The van der Waals surface area contributed by atoms with Crippen molar-refractivity contribution < 1.29 is 9.90 Å². The average molecular weight is 218 g/mol. The van der Waals surface area contributed by atoms with Gasteiger partial charge in [0.05, 0.1) is 5.41 Å². The van der Waals surface area contributed by atoms with E-state index >= 15 is 0 Å². The Bertz CT molecular complexity index is 355. The topological polar surface area (TPSA) is 51.4 Å². The van der Waals surface area contributed by atoms with Crippen LogP contribution in [0.5, 0.6) is 0 Å². The summed E-state index contributed by atoms with van der Waals surface area (Å²) in [6, 6.07) is 9.86. The third-order valence-corrected chi connectivity index (χ3v) is 3.34. The van der Waals surface area contributed by atoms with Gasteiger partial charge in [-0.15, -0.1) is 13.1 Å². The van der Waals surface area contributed by atoms with E-state index in [9.17, 15) is 9.90 Å². The molecule has 1 N–H and O–H groups in total. The normalized spacial score (nSPS) is 19.2. The SMILES string of the molecule is O=C(O)C1(Cc2ccccc2)CC[N-]CC1. The minimum Gasteiger partial charge on any atom is -0.662 e. The largest absolute Gasteiger partial charge is 0.662 e. The average Bonchev–Trinajstić information content (AvgIpc) is 2.31. The number of nitrogens with zero attached hydrogens (tertiary/aromatic N) is 1. The van der Waals surface area contributed by atoms with Crippen molar-refractivity contribution in [2.45, 2.75) is 19.3 Å². The van der Waals surface area contributed by atoms with Gasteiger partial charge in [0.1, 0.15) is 0 Å². The van der Waals surface area contributed by atoms with Crippen molar-refractivity contribution in [2.75, 3.05) is 13.1 Å². The molecule has 16 heavy (non-hydrogen) atoms. The summed E-state index contributed by atoms with van der Waals surface area (Å²) in [5, 5.41) is 13.6. The molecule has 1 fully saturated rings. The molecule has 0 saturated carbocycles. The lowest BCUT2D eigenvalue weighted by Gasteiger charge is -2.40. The van der Waals surface area contributed by atoms with Crippen LogP contribution in [0.2, 0.25) is 0 Å². The lowest BCUT2D eigenvalue weighted by atomic mass is 9.74. The van der Waals surface area contributed by atoms with E-state index in [-0.39, 0.29) is 0 Å². The molecule has 1 heterocycles. The zero-order valence-corrected chi connectivity index (χ0v) is 9.22. The number of carboxylic acids is 1. The van der Waals surface area contributed by atoms with Crippen LogP contribution in [-0.4, -0.2) is 24.2 Å². The van der Waals surface area contributed by atoms with Gasteiger partial charge in [0.15, 0.2) is 0 Å². The first-order valence-electron chi connectivity index (χ1n) is 5.64. The number of hydrogen-bond donors (Lipinski definition) is 1. The van der Waals surface area contributed by atoms with Crippen LogP contribution in [-0.2, 0) is 11.2 Å². The zero-order valence-electron chi connectivity index (χ0n) is 9.22. The highest BCUT2D eigenvalue weighted by molar-refractivity contribution is 5.75. The Labute approximate surface area is 95.5 Å². The molecule has 1 saturated heterocycles. The fourth-order valence-electron chi connectivity index (χ4n) is 2.28. The van der Waals surface area contributed by atoms with E-state index in [4.69, 9.17) is 0 Å². The lowest BCUT2D eigenvalue weighted by molar-refractivity contribution is -0.150. The molecule has 0 amide bonds. The number of benzene rings is 1. The van der Waals surface area contributed by atoms with Crippen molar-refractivity contribution in [3.05, 3.63) is 41.2 Å². The maximum Gasteiger partial charge on any atom is 0.309 e. The van der Waals surface area contributed by atoms with E-state index in [1.807, 2.05) is 30.3 Å². The summed E-state index contributed by atoms with van der Waals surface area (Å²) in [4.78, 5) is 11.4. The minimum absolute atomic E-state index is 0.594. The molecule has 3 nitrogen and oxygen atoms in total. The number of hydrogen-bond acceptors (Lipinski definition) is 1. The molecule has 86 valence electrons. The fourth-order valence-corrected chi connectivity index (χ4v) is 2.28. The Morgan fingerprint density at radius 2 is 1.88 bits per heavy atom. The number of rotatable bonds is 3. The van der Waals surface area contributed by atoms with E-state index in [0.29, 0.717) is 32.4 Å². The van der Waals surface area contributed by atoms with Gasteiger partial charge < -0.3 is 10.4 Å². The molecule has 1 aromatic carbocycles. The summed E-state index contributed by atoms with van der Waals surface area (Å²) < 4.78 is 0. The summed E-state index contributed by atoms with van der Waals surface area (Å²) in [5.41, 5.74) is 0.509. The standard InChI is InChI=1S/C13H16NO2/c15-12(16)13(6-8-14-9-7-13)10-11-4-2-1-3-5-11/h1-5H,6-10H2,(H,15,16)/q-1. The van der Waals surface area contributed by atoms with Gasteiger partial charge in [-0.2, -0.15) is 0 Å². The number of piperidine rings is 1. The predicted octanol–water partition coefficient (Wildman–Crippen LogP) is 2.47. The van der Waals surface area contributed by atoms with Crippen molar-refractivity contribution in [2.24, 2.45) is 5.41 Å². The maximum atomic E-state index is 11.4. The van der Waals surface area contributed by atoms with Gasteiger partial charge in [-0.25, -0.2) is 0 Å². The van der Waals surface area contributed by atoms with Crippen molar-refractivity contribution >= 4 is 5.97 Å². The molecule has 1 aliphatic rings. The summed E-state index contributed by atoms with van der Waals surface area (Å²) >= 11 is 0. The Hall–Kier alpha value is -1.35. The van der Waals surface area contributed by atoms with Gasteiger partial charge in [0.2, 0.25) is 0 Å². The van der Waals surface area contributed by atoms with Gasteiger partial charge in [0.25, 0.3) is 0 Å². The first-order valence-corrected chi connectivity index (χ1v) is 5.64. The van der Waals surface area contributed by atoms with Crippen LogP contribution in [0.3, 0.4) is 0 Å². The second-order valence-electron chi connectivity index (χ2n) is 4.42. The molecule has 3 heteroatoms. The van der Waals surface area contributed by atoms with E-state index in [1.54, 1.807) is 0 Å². The Balaban J connectivity index is 2.17. The number of aliphatic carboxylic acids is 1. The maximum absolute atomic E-state index is 11.4. The molecule has 0 unspecified atom stereocenters. The Kier molecular flexibility index (Phi) is 3.25. The van der Waals surface area contributed by atoms with Crippen LogP contribution >= 0.6 is 0 Å². The highest BCUT2D eigenvalue weighted by atomic mass is 16.4. The smallest absolute Gasteiger partial charge is 0.309 e. The molecule has 0 spiro atoms. The molecular formula is C13H16NO2-. The fraction of sp³-hybridized carbons (Fsp3) is 0.462. The number of carbonyl (C=O) groups is 1. The van der Waals surface area contributed by atoms with Gasteiger partial charge >= 0.3 is 5.97 Å². The highest BCUT2D eigenvalue weighted by Gasteiger charge is 2.36. The number of carboxylic acid groups (broad SMARTS) is 1. The Morgan fingerprint density at radius 1 is 1.25 bits per heavy atom. The molecule has 0 atom stereocenters. The van der Waals surface area contributed by atoms with Crippen molar-refractivity contribution in [3.63, 3.8) is 0 Å². The van der Waals surface area contributed by atoms with Crippen LogP contribution in [0.4, 0.5) is 0 Å². The molecule has 0 aromatic heterocycles. The molecule has 0 radical (unpaired) electrons. The van der Waals surface area contributed by atoms with Gasteiger partial charge in [-0.3, -0.25) is 4.79 Å². The summed E-state index contributed by atoms with van der Waals surface area (Å²) in [5.74, 6) is -0.675. The zero-order chi connectivity index (χ0) is 11.4. The third kappa shape index (κ3) is 2.25.